The molecular weight excluding hydrogens is 370 g/mol. The van der Waals surface area contributed by atoms with Crippen LogP contribution in [0, 0.1) is 0 Å². The topological polar surface area (TPSA) is 52.7 Å². The number of hydrogen-bond donors (Lipinski definition) is 1. The maximum absolute atomic E-state index is 12.1. The number of hydrogen-bond acceptors (Lipinski definition) is 4. The number of benzene rings is 2. The van der Waals surface area contributed by atoms with Crippen LogP contribution in [0.4, 0.5) is 0 Å². The van der Waals surface area contributed by atoms with Gasteiger partial charge in [0.05, 0.1) is 0 Å². The lowest BCUT2D eigenvalue weighted by Gasteiger charge is -2.34. The van der Waals surface area contributed by atoms with Gasteiger partial charge in [0.2, 0.25) is 10.0 Å². The van der Waals surface area contributed by atoms with E-state index in [1.165, 1.54) is 11.0 Å². The Bertz CT molecular complexity index is 831. The average Bonchev–Trinajstić information content (AvgIpc) is 2.73. The molecule has 0 saturated carbocycles. The van der Waals surface area contributed by atoms with Crippen LogP contribution in [0.3, 0.4) is 0 Å². The first-order valence-corrected chi connectivity index (χ1v) is 11.4. The summed E-state index contributed by atoms with van der Waals surface area (Å²) in [6.07, 6.45) is 2.44. The van der Waals surface area contributed by atoms with E-state index in [0.717, 1.165) is 51.3 Å². The summed E-state index contributed by atoms with van der Waals surface area (Å²) in [5.74, 6) is 0. The number of sulfonamides is 1. The third-order valence-corrected chi connectivity index (χ3v) is 6.01. The molecule has 0 aliphatic carbocycles. The Morgan fingerprint density at radius 2 is 1.46 bits per heavy atom. The van der Waals surface area contributed by atoms with Gasteiger partial charge in [-0.3, -0.25) is 4.90 Å². The maximum Gasteiger partial charge on any atom is 0.233 e. The molecule has 1 aliphatic heterocycles. The summed E-state index contributed by atoms with van der Waals surface area (Å²) >= 11 is 0. The van der Waals surface area contributed by atoms with Crippen molar-refractivity contribution in [2.45, 2.75) is 13.0 Å². The SMILES string of the molecule is O=S(=O)(/C=C/c1ccccc1)NCCCN1CCN(Cc2ccccc2)CC1. The van der Waals surface area contributed by atoms with Gasteiger partial charge in [0, 0.05) is 44.7 Å². The fraction of sp³-hybridized carbons (Fsp3) is 0.364. The molecule has 0 atom stereocenters. The van der Waals surface area contributed by atoms with Crippen molar-refractivity contribution in [3.8, 4) is 0 Å². The fourth-order valence-electron chi connectivity index (χ4n) is 3.31. The quantitative estimate of drug-likeness (QED) is 0.659. The van der Waals surface area contributed by atoms with Crippen LogP contribution in [0.25, 0.3) is 6.08 Å². The van der Waals surface area contributed by atoms with E-state index in [2.05, 4.69) is 38.8 Å². The second-order valence-corrected chi connectivity index (χ2v) is 8.76. The first-order chi connectivity index (χ1) is 13.6. The van der Waals surface area contributed by atoms with Crippen molar-refractivity contribution in [3.05, 3.63) is 77.2 Å². The Hall–Kier alpha value is -1.99. The van der Waals surface area contributed by atoms with Crippen molar-refractivity contribution >= 4 is 16.1 Å². The summed E-state index contributed by atoms with van der Waals surface area (Å²) in [6, 6.07) is 20.0. The van der Waals surface area contributed by atoms with Gasteiger partial charge in [0.15, 0.2) is 0 Å². The minimum absolute atomic E-state index is 0.464. The Labute approximate surface area is 168 Å². The lowest BCUT2D eigenvalue weighted by molar-refractivity contribution is 0.126. The van der Waals surface area contributed by atoms with Gasteiger partial charge in [-0.15, -0.1) is 0 Å². The van der Waals surface area contributed by atoms with E-state index in [0.29, 0.717) is 6.54 Å². The maximum atomic E-state index is 12.1. The third-order valence-electron chi connectivity index (χ3n) is 4.91. The monoisotopic (exact) mass is 399 g/mol. The molecule has 28 heavy (non-hydrogen) atoms. The minimum atomic E-state index is -3.38. The Kier molecular flexibility index (Phi) is 7.80. The van der Waals surface area contributed by atoms with Gasteiger partial charge >= 0.3 is 0 Å². The van der Waals surface area contributed by atoms with Crippen LogP contribution in [0.15, 0.2) is 66.1 Å². The van der Waals surface area contributed by atoms with Crippen molar-refractivity contribution < 1.29 is 8.42 Å². The van der Waals surface area contributed by atoms with Crippen molar-refractivity contribution in [2.75, 3.05) is 39.3 Å². The van der Waals surface area contributed by atoms with E-state index < -0.39 is 10.0 Å². The molecule has 6 heteroatoms. The molecule has 0 amide bonds. The zero-order valence-electron chi connectivity index (χ0n) is 16.2. The lowest BCUT2D eigenvalue weighted by atomic mass is 10.2. The average molecular weight is 400 g/mol. The predicted octanol–water partition coefficient (Wildman–Crippen LogP) is 2.78. The molecule has 2 aromatic carbocycles. The molecule has 0 spiro atoms. The van der Waals surface area contributed by atoms with Gasteiger partial charge in [-0.25, -0.2) is 13.1 Å². The second kappa shape index (κ2) is 10.5. The van der Waals surface area contributed by atoms with Gasteiger partial charge in [0.25, 0.3) is 0 Å². The van der Waals surface area contributed by atoms with E-state index >= 15 is 0 Å². The van der Waals surface area contributed by atoms with Gasteiger partial charge in [-0.1, -0.05) is 60.7 Å². The van der Waals surface area contributed by atoms with Gasteiger partial charge in [-0.2, -0.15) is 0 Å². The highest BCUT2D eigenvalue weighted by Gasteiger charge is 2.16. The lowest BCUT2D eigenvalue weighted by Crippen LogP contribution is -2.46. The van der Waals surface area contributed by atoms with Crippen molar-refractivity contribution in [3.63, 3.8) is 0 Å². The van der Waals surface area contributed by atoms with Crippen molar-refractivity contribution in [1.82, 2.24) is 14.5 Å². The molecule has 1 aliphatic rings. The van der Waals surface area contributed by atoms with Gasteiger partial charge in [-0.05, 0) is 30.2 Å². The first-order valence-electron chi connectivity index (χ1n) is 9.82. The number of nitrogens with zero attached hydrogens (tertiary/aromatic N) is 2. The molecule has 2 aromatic rings. The predicted molar refractivity (Wildman–Crippen MR) is 115 cm³/mol. The van der Waals surface area contributed by atoms with Crippen molar-refractivity contribution in [1.29, 1.82) is 0 Å². The summed E-state index contributed by atoms with van der Waals surface area (Å²) < 4.78 is 26.8. The minimum Gasteiger partial charge on any atom is -0.301 e. The standard InChI is InChI=1S/C22H29N3O2S/c26-28(27,19-12-21-8-3-1-4-9-21)23-13-7-14-24-15-17-25(18-16-24)20-22-10-5-2-6-11-22/h1-6,8-12,19,23H,7,13-18,20H2/b19-12+. The fourth-order valence-corrected chi connectivity index (χ4v) is 4.17. The highest BCUT2D eigenvalue weighted by molar-refractivity contribution is 7.92. The summed E-state index contributed by atoms with van der Waals surface area (Å²) in [5.41, 5.74) is 2.23. The zero-order chi connectivity index (χ0) is 19.7. The Morgan fingerprint density at radius 3 is 2.14 bits per heavy atom. The van der Waals surface area contributed by atoms with Crippen molar-refractivity contribution in [2.24, 2.45) is 0 Å². The van der Waals surface area contributed by atoms with E-state index in [9.17, 15) is 8.42 Å². The van der Waals surface area contributed by atoms with Crippen LogP contribution in [0.2, 0.25) is 0 Å². The second-order valence-electron chi connectivity index (χ2n) is 7.11. The smallest absolute Gasteiger partial charge is 0.233 e. The number of piperazine rings is 1. The Morgan fingerprint density at radius 1 is 0.857 bits per heavy atom. The molecule has 1 saturated heterocycles. The molecule has 1 fully saturated rings. The highest BCUT2D eigenvalue weighted by Crippen LogP contribution is 2.08. The molecule has 150 valence electrons. The highest BCUT2D eigenvalue weighted by atomic mass is 32.2. The van der Waals surface area contributed by atoms with E-state index in [1.54, 1.807) is 6.08 Å². The van der Waals surface area contributed by atoms with Crippen LogP contribution >= 0.6 is 0 Å². The summed E-state index contributed by atoms with van der Waals surface area (Å²) in [6.45, 7) is 6.57. The third kappa shape index (κ3) is 7.20. The number of nitrogens with one attached hydrogen (secondary N) is 1. The van der Waals surface area contributed by atoms with Gasteiger partial charge < -0.3 is 4.90 Å². The van der Waals surface area contributed by atoms with E-state index in [-0.39, 0.29) is 0 Å². The largest absolute Gasteiger partial charge is 0.301 e. The van der Waals surface area contributed by atoms with Crippen LogP contribution in [0.1, 0.15) is 17.5 Å². The zero-order valence-corrected chi connectivity index (χ0v) is 17.0. The molecule has 0 aromatic heterocycles. The Balaban J connectivity index is 1.32. The molecule has 1 N–H and O–H groups in total. The summed E-state index contributed by atoms with van der Waals surface area (Å²) in [4.78, 5) is 4.89. The molecule has 0 bridgehead atoms. The molecule has 5 nitrogen and oxygen atoms in total. The van der Waals surface area contributed by atoms with Crippen LogP contribution in [-0.4, -0.2) is 57.5 Å². The summed E-state index contributed by atoms with van der Waals surface area (Å²) in [7, 11) is -3.38. The molecular formula is C22H29N3O2S. The van der Waals surface area contributed by atoms with Crippen LogP contribution < -0.4 is 4.72 Å². The first kappa shape index (κ1) is 20.7. The van der Waals surface area contributed by atoms with Gasteiger partial charge in [0.1, 0.15) is 0 Å². The molecule has 0 unspecified atom stereocenters. The van der Waals surface area contributed by atoms with E-state index in [1.807, 2.05) is 36.4 Å². The normalized spacial score (nSPS) is 16.6. The molecule has 3 rings (SSSR count). The van der Waals surface area contributed by atoms with Crippen LogP contribution in [0.5, 0.6) is 0 Å². The van der Waals surface area contributed by atoms with Crippen LogP contribution in [-0.2, 0) is 16.6 Å². The number of rotatable bonds is 9. The molecule has 0 radical (unpaired) electrons. The summed E-state index contributed by atoms with van der Waals surface area (Å²) in [5, 5.41) is 1.24. The van der Waals surface area contributed by atoms with E-state index in [4.69, 9.17) is 0 Å². The molecule has 1 heterocycles.